The SMILES string of the molecule is CCCCCCCCCCCOC(=O)CCCCCCCCC(=O)OCCCC(C)C. The van der Waals surface area contributed by atoms with Crippen LogP contribution < -0.4 is 0 Å². The Kier molecular flexibility index (Phi) is 22.8. The predicted molar refractivity (Wildman–Crippen MR) is 130 cm³/mol. The van der Waals surface area contributed by atoms with Gasteiger partial charge in [0.05, 0.1) is 13.2 Å². The van der Waals surface area contributed by atoms with Crippen molar-refractivity contribution in [3.8, 4) is 0 Å². The zero-order valence-corrected chi connectivity index (χ0v) is 21.1. The van der Waals surface area contributed by atoms with Crippen molar-refractivity contribution in [2.45, 2.75) is 143 Å². The topological polar surface area (TPSA) is 52.6 Å². The molecule has 0 saturated heterocycles. The van der Waals surface area contributed by atoms with E-state index in [-0.39, 0.29) is 11.9 Å². The molecular weight excluding hydrogens is 388 g/mol. The van der Waals surface area contributed by atoms with Gasteiger partial charge in [0.2, 0.25) is 0 Å². The molecule has 31 heavy (non-hydrogen) atoms. The molecule has 0 heterocycles. The van der Waals surface area contributed by atoms with E-state index in [0.717, 1.165) is 57.8 Å². The van der Waals surface area contributed by atoms with Crippen LogP contribution in [0.5, 0.6) is 0 Å². The fourth-order valence-electron chi connectivity index (χ4n) is 3.67. The molecule has 0 fully saturated rings. The van der Waals surface area contributed by atoms with Crippen LogP contribution in [0.4, 0.5) is 0 Å². The molecule has 0 unspecified atom stereocenters. The van der Waals surface area contributed by atoms with Gasteiger partial charge < -0.3 is 9.47 Å². The number of hydrogen-bond acceptors (Lipinski definition) is 4. The highest BCUT2D eigenvalue weighted by Crippen LogP contribution is 2.11. The van der Waals surface area contributed by atoms with Gasteiger partial charge in [0.15, 0.2) is 0 Å². The molecular formula is C27H52O4. The van der Waals surface area contributed by atoms with E-state index in [1.54, 1.807) is 0 Å². The van der Waals surface area contributed by atoms with Gasteiger partial charge in [0.25, 0.3) is 0 Å². The quantitative estimate of drug-likeness (QED) is 0.119. The lowest BCUT2D eigenvalue weighted by atomic mass is 10.1. The third-order valence-electron chi connectivity index (χ3n) is 5.71. The van der Waals surface area contributed by atoms with Gasteiger partial charge in [-0.25, -0.2) is 0 Å². The summed E-state index contributed by atoms with van der Waals surface area (Å²) in [4.78, 5) is 23.4. The number of carbonyl (C=O) groups is 2. The smallest absolute Gasteiger partial charge is 0.305 e. The largest absolute Gasteiger partial charge is 0.466 e. The lowest BCUT2D eigenvalue weighted by Crippen LogP contribution is -2.06. The van der Waals surface area contributed by atoms with E-state index in [1.807, 2.05) is 0 Å². The minimum Gasteiger partial charge on any atom is -0.466 e. The lowest BCUT2D eigenvalue weighted by Gasteiger charge is -2.07. The van der Waals surface area contributed by atoms with Crippen molar-refractivity contribution in [1.82, 2.24) is 0 Å². The molecule has 0 aromatic heterocycles. The second-order valence-corrected chi connectivity index (χ2v) is 9.43. The number of carbonyl (C=O) groups excluding carboxylic acids is 2. The Labute approximate surface area is 193 Å². The molecule has 0 aliphatic carbocycles. The molecule has 0 amide bonds. The summed E-state index contributed by atoms with van der Waals surface area (Å²) in [5.41, 5.74) is 0. The maximum Gasteiger partial charge on any atom is 0.305 e. The molecule has 0 aromatic rings. The van der Waals surface area contributed by atoms with Gasteiger partial charge in [-0.1, -0.05) is 97.8 Å². The highest BCUT2D eigenvalue weighted by atomic mass is 16.5. The molecule has 0 spiro atoms. The second kappa shape index (κ2) is 23.6. The molecule has 0 bridgehead atoms. The minimum absolute atomic E-state index is 0.0419. The number of hydrogen-bond donors (Lipinski definition) is 0. The molecule has 4 nitrogen and oxygen atoms in total. The Morgan fingerprint density at radius 1 is 0.548 bits per heavy atom. The summed E-state index contributed by atoms with van der Waals surface area (Å²) in [6, 6.07) is 0. The number of unbranched alkanes of at least 4 members (excludes halogenated alkanes) is 13. The van der Waals surface area contributed by atoms with E-state index in [2.05, 4.69) is 20.8 Å². The Hall–Kier alpha value is -1.06. The van der Waals surface area contributed by atoms with Crippen LogP contribution in [-0.4, -0.2) is 25.2 Å². The zero-order valence-electron chi connectivity index (χ0n) is 21.1. The van der Waals surface area contributed by atoms with Gasteiger partial charge in [0.1, 0.15) is 0 Å². The molecule has 0 saturated carbocycles. The first kappa shape index (κ1) is 29.9. The van der Waals surface area contributed by atoms with Crippen LogP contribution in [0.1, 0.15) is 143 Å². The molecule has 0 radical (unpaired) electrons. The van der Waals surface area contributed by atoms with Gasteiger partial charge in [0, 0.05) is 12.8 Å². The van der Waals surface area contributed by atoms with Crippen LogP contribution in [0.15, 0.2) is 0 Å². The van der Waals surface area contributed by atoms with Crippen LogP contribution in [0.3, 0.4) is 0 Å². The Balaban J connectivity index is 3.26. The van der Waals surface area contributed by atoms with Crippen LogP contribution in [0, 0.1) is 5.92 Å². The molecule has 0 rings (SSSR count). The Bertz CT molecular complexity index is 406. The normalized spacial score (nSPS) is 11.1. The molecule has 0 aliphatic heterocycles. The lowest BCUT2D eigenvalue weighted by molar-refractivity contribution is -0.144. The molecule has 0 aromatic carbocycles. The molecule has 0 N–H and O–H groups in total. The summed E-state index contributed by atoms with van der Waals surface area (Å²) >= 11 is 0. The van der Waals surface area contributed by atoms with Crippen molar-refractivity contribution in [3.63, 3.8) is 0 Å². The van der Waals surface area contributed by atoms with Crippen molar-refractivity contribution >= 4 is 11.9 Å². The van der Waals surface area contributed by atoms with Crippen molar-refractivity contribution in [3.05, 3.63) is 0 Å². The minimum atomic E-state index is -0.0570. The summed E-state index contributed by atoms with van der Waals surface area (Å²) in [6.45, 7) is 7.77. The highest BCUT2D eigenvalue weighted by Gasteiger charge is 2.04. The number of rotatable bonds is 23. The van der Waals surface area contributed by atoms with Crippen molar-refractivity contribution < 1.29 is 19.1 Å². The molecule has 184 valence electrons. The molecule has 0 atom stereocenters. The Morgan fingerprint density at radius 2 is 0.935 bits per heavy atom. The van der Waals surface area contributed by atoms with E-state index < -0.39 is 0 Å². The van der Waals surface area contributed by atoms with Gasteiger partial charge in [-0.15, -0.1) is 0 Å². The number of esters is 2. The van der Waals surface area contributed by atoms with Crippen molar-refractivity contribution in [1.29, 1.82) is 0 Å². The monoisotopic (exact) mass is 440 g/mol. The average Bonchev–Trinajstić information content (AvgIpc) is 2.74. The van der Waals surface area contributed by atoms with E-state index in [0.29, 0.717) is 32.0 Å². The average molecular weight is 441 g/mol. The third-order valence-corrected chi connectivity index (χ3v) is 5.71. The summed E-state index contributed by atoms with van der Waals surface area (Å²) in [6.07, 6.45) is 20.9. The zero-order chi connectivity index (χ0) is 23.0. The van der Waals surface area contributed by atoms with Crippen molar-refractivity contribution in [2.24, 2.45) is 5.92 Å². The van der Waals surface area contributed by atoms with E-state index >= 15 is 0 Å². The highest BCUT2D eigenvalue weighted by molar-refractivity contribution is 5.69. The fraction of sp³-hybridized carbons (Fsp3) is 0.926. The van der Waals surface area contributed by atoms with Gasteiger partial charge >= 0.3 is 11.9 Å². The number of ether oxygens (including phenoxy) is 2. The summed E-state index contributed by atoms with van der Waals surface area (Å²) in [5.74, 6) is 0.568. The van der Waals surface area contributed by atoms with Crippen LogP contribution in [0.25, 0.3) is 0 Å². The van der Waals surface area contributed by atoms with Crippen LogP contribution in [-0.2, 0) is 19.1 Å². The summed E-state index contributed by atoms with van der Waals surface area (Å²) in [7, 11) is 0. The fourth-order valence-corrected chi connectivity index (χ4v) is 3.67. The third kappa shape index (κ3) is 25.1. The first-order valence-electron chi connectivity index (χ1n) is 13.4. The second-order valence-electron chi connectivity index (χ2n) is 9.43. The van der Waals surface area contributed by atoms with Crippen molar-refractivity contribution in [2.75, 3.05) is 13.2 Å². The van der Waals surface area contributed by atoms with Gasteiger partial charge in [-0.3, -0.25) is 9.59 Å². The van der Waals surface area contributed by atoms with Gasteiger partial charge in [-0.05, 0) is 38.0 Å². The molecule has 0 aliphatic rings. The van der Waals surface area contributed by atoms with E-state index in [4.69, 9.17) is 9.47 Å². The summed E-state index contributed by atoms with van der Waals surface area (Å²) < 4.78 is 10.6. The van der Waals surface area contributed by atoms with Gasteiger partial charge in [-0.2, -0.15) is 0 Å². The first-order chi connectivity index (χ1) is 15.1. The predicted octanol–water partition coefficient (Wildman–Crippen LogP) is 8.16. The van der Waals surface area contributed by atoms with E-state index in [9.17, 15) is 9.59 Å². The summed E-state index contributed by atoms with van der Waals surface area (Å²) in [5, 5.41) is 0. The maximum absolute atomic E-state index is 11.8. The Morgan fingerprint density at radius 3 is 1.39 bits per heavy atom. The van der Waals surface area contributed by atoms with Crippen LogP contribution >= 0.6 is 0 Å². The molecule has 4 heteroatoms. The maximum atomic E-state index is 11.8. The standard InChI is InChI=1S/C27H52O4/c1-4-5-6-7-8-9-12-15-18-23-30-26(28)21-16-13-10-11-14-17-22-27(29)31-24-19-20-25(2)3/h25H,4-24H2,1-3H3. The van der Waals surface area contributed by atoms with Crippen LogP contribution in [0.2, 0.25) is 0 Å². The first-order valence-corrected chi connectivity index (χ1v) is 13.4. The van der Waals surface area contributed by atoms with E-state index in [1.165, 1.54) is 51.4 Å².